The number of carboxylic acid groups (broad SMARTS) is 1. The molecule has 0 radical (unpaired) electrons. The molecular formula is C26H24N2O4. The lowest BCUT2D eigenvalue weighted by Gasteiger charge is -2.26. The zero-order chi connectivity index (χ0) is 22.7. The van der Waals surface area contributed by atoms with E-state index in [2.05, 4.69) is 10.6 Å². The smallest absolute Gasteiger partial charge is 0.327 e. The van der Waals surface area contributed by atoms with Crippen molar-refractivity contribution in [1.82, 2.24) is 10.6 Å². The molecule has 0 aliphatic heterocycles. The van der Waals surface area contributed by atoms with Gasteiger partial charge in [-0.05, 0) is 27.8 Å². The van der Waals surface area contributed by atoms with Crippen molar-refractivity contribution in [3.63, 3.8) is 0 Å². The number of rotatable bonds is 7. The fourth-order valence-electron chi connectivity index (χ4n) is 4.40. The van der Waals surface area contributed by atoms with Crippen molar-refractivity contribution < 1.29 is 19.5 Å². The highest BCUT2D eigenvalue weighted by molar-refractivity contribution is 5.92. The van der Waals surface area contributed by atoms with E-state index >= 15 is 0 Å². The van der Waals surface area contributed by atoms with E-state index in [1.807, 2.05) is 78.9 Å². The summed E-state index contributed by atoms with van der Waals surface area (Å²) in [5, 5.41) is 15.5. The first-order chi connectivity index (χ1) is 15.5. The third-order valence-electron chi connectivity index (χ3n) is 5.76. The van der Waals surface area contributed by atoms with Crippen LogP contribution in [0.4, 0.5) is 0 Å². The van der Waals surface area contributed by atoms with Gasteiger partial charge in [0.1, 0.15) is 12.1 Å². The molecule has 0 bridgehead atoms. The van der Waals surface area contributed by atoms with Gasteiger partial charge in [0.15, 0.2) is 0 Å². The SMILES string of the molecule is CC(=O)N[C@@H](Cc1ccccc1)C(=O)N[C@H](C(=O)O)C1c2ccccc2-c2ccccc21. The second-order valence-corrected chi connectivity index (χ2v) is 7.92. The van der Waals surface area contributed by atoms with Gasteiger partial charge in [-0.2, -0.15) is 0 Å². The van der Waals surface area contributed by atoms with Crippen LogP contribution in [0.25, 0.3) is 11.1 Å². The average molecular weight is 428 g/mol. The van der Waals surface area contributed by atoms with Crippen molar-refractivity contribution in [1.29, 1.82) is 0 Å². The van der Waals surface area contributed by atoms with Crippen molar-refractivity contribution in [2.45, 2.75) is 31.3 Å². The number of fused-ring (bicyclic) bond motifs is 3. The summed E-state index contributed by atoms with van der Waals surface area (Å²) >= 11 is 0. The predicted molar refractivity (Wildman–Crippen MR) is 121 cm³/mol. The molecule has 3 aromatic carbocycles. The van der Waals surface area contributed by atoms with Crippen LogP contribution in [0.1, 0.15) is 29.5 Å². The topological polar surface area (TPSA) is 95.5 Å². The van der Waals surface area contributed by atoms with Gasteiger partial charge in [-0.1, -0.05) is 78.9 Å². The van der Waals surface area contributed by atoms with Gasteiger partial charge in [-0.3, -0.25) is 9.59 Å². The Kier molecular flexibility index (Phi) is 6.03. The molecule has 3 N–H and O–H groups in total. The van der Waals surface area contributed by atoms with Crippen LogP contribution in [0, 0.1) is 0 Å². The first kappa shape index (κ1) is 21.3. The van der Waals surface area contributed by atoms with Crippen LogP contribution in [0.2, 0.25) is 0 Å². The summed E-state index contributed by atoms with van der Waals surface area (Å²) in [4.78, 5) is 37.3. The Morgan fingerprint density at radius 2 is 1.34 bits per heavy atom. The summed E-state index contributed by atoms with van der Waals surface area (Å²) in [6.45, 7) is 1.34. The van der Waals surface area contributed by atoms with Crippen LogP contribution in [0.5, 0.6) is 0 Å². The molecule has 6 heteroatoms. The molecule has 0 unspecified atom stereocenters. The minimum atomic E-state index is -1.18. The highest BCUT2D eigenvalue weighted by atomic mass is 16.4. The summed E-state index contributed by atoms with van der Waals surface area (Å²) in [5.74, 6) is -2.54. The van der Waals surface area contributed by atoms with E-state index in [-0.39, 0.29) is 12.3 Å². The van der Waals surface area contributed by atoms with Crippen molar-refractivity contribution in [3.05, 3.63) is 95.6 Å². The van der Waals surface area contributed by atoms with Crippen LogP contribution in [-0.2, 0) is 20.8 Å². The van der Waals surface area contributed by atoms with Gasteiger partial charge in [0, 0.05) is 19.3 Å². The molecule has 162 valence electrons. The molecule has 0 spiro atoms. The van der Waals surface area contributed by atoms with E-state index in [9.17, 15) is 19.5 Å². The normalized spacial score (nSPS) is 14.0. The zero-order valence-electron chi connectivity index (χ0n) is 17.6. The van der Waals surface area contributed by atoms with E-state index in [0.717, 1.165) is 27.8 Å². The minimum Gasteiger partial charge on any atom is -0.480 e. The second kappa shape index (κ2) is 9.06. The van der Waals surface area contributed by atoms with Gasteiger partial charge >= 0.3 is 5.97 Å². The first-order valence-corrected chi connectivity index (χ1v) is 10.5. The third kappa shape index (κ3) is 4.25. The number of carboxylic acids is 1. The van der Waals surface area contributed by atoms with Gasteiger partial charge < -0.3 is 15.7 Å². The predicted octanol–water partition coefficient (Wildman–Crippen LogP) is 3.12. The lowest BCUT2D eigenvalue weighted by atomic mass is 9.89. The summed E-state index contributed by atoms with van der Waals surface area (Å²) in [6, 6.07) is 22.5. The fourth-order valence-corrected chi connectivity index (χ4v) is 4.40. The lowest BCUT2D eigenvalue weighted by molar-refractivity contribution is -0.142. The molecule has 0 aromatic heterocycles. The fraction of sp³-hybridized carbons (Fsp3) is 0.192. The summed E-state index contributed by atoms with van der Waals surface area (Å²) in [5.41, 5.74) is 4.53. The molecule has 3 aromatic rings. The summed E-state index contributed by atoms with van der Waals surface area (Å²) < 4.78 is 0. The molecule has 0 saturated heterocycles. The molecule has 1 aliphatic rings. The second-order valence-electron chi connectivity index (χ2n) is 7.92. The Balaban J connectivity index is 1.65. The van der Waals surface area contributed by atoms with Crippen molar-refractivity contribution >= 4 is 17.8 Å². The Labute approximate surface area is 186 Å². The number of hydrogen-bond donors (Lipinski definition) is 3. The van der Waals surface area contributed by atoms with E-state index in [0.29, 0.717) is 0 Å². The van der Waals surface area contributed by atoms with Gasteiger partial charge in [-0.25, -0.2) is 4.79 Å². The number of carbonyl (C=O) groups is 3. The largest absolute Gasteiger partial charge is 0.480 e. The van der Waals surface area contributed by atoms with Crippen LogP contribution in [-0.4, -0.2) is 35.0 Å². The number of amides is 2. The molecule has 0 saturated carbocycles. The Hall–Kier alpha value is -3.93. The Morgan fingerprint density at radius 3 is 1.88 bits per heavy atom. The maximum Gasteiger partial charge on any atom is 0.327 e. The van der Waals surface area contributed by atoms with Crippen LogP contribution < -0.4 is 10.6 Å². The molecule has 2 amide bonds. The maximum absolute atomic E-state index is 13.2. The van der Waals surface area contributed by atoms with Crippen molar-refractivity contribution in [3.8, 4) is 11.1 Å². The molecule has 0 heterocycles. The summed E-state index contributed by atoms with van der Waals surface area (Å²) in [7, 11) is 0. The Morgan fingerprint density at radius 1 is 0.812 bits per heavy atom. The van der Waals surface area contributed by atoms with Crippen molar-refractivity contribution in [2.75, 3.05) is 0 Å². The Bertz CT molecular complexity index is 1110. The van der Waals surface area contributed by atoms with Crippen LogP contribution in [0.15, 0.2) is 78.9 Å². The monoisotopic (exact) mass is 428 g/mol. The zero-order valence-corrected chi connectivity index (χ0v) is 17.6. The number of nitrogens with one attached hydrogen (secondary N) is 2. The van der Waals surface area contributed by atoms with Crippen LogP contribution >= 0.6 is 0 Å². The third-order valence-corrected chi connectivity index (χ3v) is 5.76. The molecule has 0 fully saturated rings. The molecule has 32 heavy (non-hydrogen) atoms. The number of carbonyl (C=O) groups excluding carboxylic acids is 2. The summed E-state index contributed by atoms with van der Waals surface area (Å²) in [6.07, 6.45) is 0.260. The van der Waals surface area contributed by atoms with Gasteiger partial charge in [-0.15, -0.1) is 0 Å². The van der Waals surface area contributed by atoms with E-state index < -0.39 is 29.9 Å². The number of hydrogen-bond acceptors (Lipinski definition) is 3. The molecule has 6 nitrogen and oxygen atoms in total. The number of aliphatic carboxylic acids is 1. The molecule has 4 rings (SSSR count). The molecule has 2 atom stereocenters. The minimum absolute atomic E-state index is 0.260. The highest BCUT2D eigenvalue weighted by Crippen LogP contribution is 2.46. The lowest BCUT2D eigenvalue weighted by Crippen LogP contribution is -2.53. The van der Waals surface area contributed by atoms with Gasteiger partial charge in [0.2, 0.25) is 11.8 Å². The average Bonchev–Trinajstić information content (AvgIpc) is 3.11. The molecule has 1 aliphatic carbocycles. The van der Waals surface area contributed by atoms with Gasteiger partial charge in [0.25, 0.3) is 0 Å². The van der Waals surface area contributed by atoms with E-state index in [4.69, 9.17) is 0 Å². The maximum atomic E-state index is 13.2. The highest BCUT2D eigenvalue weighted by Gasteiger charge is 2.39. The van der Waals surface area contributed by atoms with Crippen LogP contribution in [0.3, 0.4) is 0 Å². The van der Waals surface area contributed by atoms with Crippen molar-refractivity contribution in [2.24, 2.45) is 0 Å². The van der Waals surface area contributed by atoms with Gasteiger partial charge in [0.05, 0.1) is 0 Å². The first-order valence-electron chi connectivity index (χ1n) is 10.5. The quantitative estimate of drug-likeness (QED) is 0.539. The standard InChI is InChI=1S/C26H24N2O4/c1-16(29)27-22(15-17-9-3-2-4-10-17)25(30)28-24(26(31)32)23-20-13-7-5-11-18(20)19-12-6-8-14-21(19)23/h2-14,22-24H,15H2,1H3,(H,27,29)(H,28,30)(H,31,32)/t22-,24-/m0/s1. The number of benzene rings is 3. The molecular weight excluding hydrogens is 404 g/mol. The van der Waals surface area contributed by atoms with E-state index in [1.54, 1.807) is 0 Å². The van der Waals surface area contributed by atoms with E-state index in [1.165, 1.54) is 6.92 Å².